The van der Waals surface area contributed by atoms with Gasteiger partial charge in [0, 0.05) is 23.1 Å². The average molecular weight is 331 g/mol. The molecule has 0 bridgehead atoms. The van der Waals surface area contributed by atoms with Crippen LogP contribution in [0, 0.1) is 0 Å². The van der Waals surface area contributed by atoms with Crippen LogP contribution >= 0.6 is 0 Å². The number of hydrogen-bond donors (Lipinski definition) is 3. The number of para-hydroxylation sites is 1. The molecule has 0 saturated heterocycles. The van der Waals surface area contributed by atoms with Crippen molar-refractivity contribution in [1.29, 1.82) is 0 Å². The summed E-state index contributed by atoms with van der Waals surface area (Å²) in [4.78, 5) is 0. The van der Waals surface area contributed by atoms with Crippen molar-refractivity contribution in [2.45, 2.75) is 0 Å². The van der Waals surface area contributed by atoms with E-state index in [-0.39, 0.29) is 59.1 Å². The van der Waals surface area contributed by atoms with E-state index < -0.39 is 21.8 Å². The van der Waals surface area contributed by atoms with Crippen LogP contribution in [0.25, 0.3) is 0 Å². The van der Waals surface area contributed by atoms with Gasteiger partial charge < -0.3 is 14.4 Å². The molecule has 0 aliphatic heterocycles. The first-order chi connectivity index (χ1) is 7.66. The maximum absolute atomic E-state index is 8.67. The normalized spacial score (nSPS) is 8.53. The molecule has 0 spiro atoms. The average Bonchev–Trinajstić information content (AvgIpc) is 2.15. The van der Waals surface area contributed by atoms with E-state index >= 15 is 0 Å². The molecule has 0 saturated carbocycles. The van der Waals surface area contributed by atoms with Crippen molar-refractivity contribution in [3.8, 4) is 0 Å². The van der Waals surface area contributed by atoms with Gasteiger partial charge in [0.15, 0.2) is 0 Å². The first kappa shape index (κ1) is 28.2. The standard InChI is InChI=1S/C7H9N.2Na.H2O4S.H2O3S/c1-8-7-5-3-2-4-6-7;;;1-5(2,3)4;1-4(2)3/h2-6,8H,1H3;;;(H2,1,2,3,4);(H2,1,2,3)/q;2*+1;;/p-2. The zero-order valence-corrected chi connectivity index (χ0v) is 16.3. The third-order valence-electron chi connectivity index (χ3n) is 1.06. The van der Waals surface area contributed by atoms with E-state index in [9.17, 15) is 0 Å². The molecule has 0 heterocycles. The quantitative estimate of drug-likeness (QED) is 0.199. The Balaban J connectivity index is -0.0000000910. The summed E-state index contributed by atoms with van der Waals surface area (Å²) in [7, 11) is -3.25. The molecule has 1 rings (SSSR count). The zero-order valence-electron chi connectivity index (χ0n) is 10.6. The van der Waals surface area contributed by atoms with Crippen molar-refractivity contribution < 1.29 is 90.0 Å². The van der Waals surface area contributed by atoms with Crippen molar-refractivity contribution in [3.05, 3.63) is 30.3 Å². The monoisotopic (exact) mass is 331 g/mol. The Bertz CT molecular complexity index is 403. The predicted octanol–water partition coefficient (Wildman–Crippen LogP) is -5.92. The maximum atomic E-state index is 8.67. The van der Waals surface area contributed by atoms with Gasteiger partial charge in [-0.3, -0.25) is 17.5 Å². The molecule has 0 fully saturated rings. The van der Waals surface area contributed by atoms with E-state index in [4.69, 9.17) is 30.8 Å². The molecule has 0 aliphatic carbocycles. The number of hydrogen-bond acceptors (Lipinski definition) is 6. The molecule has 12 heteroatoms. The van der Waals surface area contributed by atoms with Gasteiger partial charge in [-0.05, 0) is 12.1 Å². The Labute approximate surface area is 158 Å². The second-order valence-electron chi connectivity index (χ2n) is 2.25. The van der Waals surface area contributed by atoms with Crippen molar-refractivity contribution >= 4 is 27.4 Å². The second kappa shape index (κ2) is 17.0. The van der Waals surface area contributed by atoms with Gasteiger partial charge in [-0.2, -0.15) is 4.21 Å². The fraction of sp³-hybridized carbons (Fsp3) is 0.143. The van der Waals surface area contributed by atoms with Crippen LogP contribution < -0.4 is 64.4 Å². The van der Waals surface area contributed by atoms with Crippen molar-refractivity contribution in [1.82, 2.24) is 0 Å². The molecule has 0 aromatic heterocycles. The molecular formula is C7H11NNa2O7S2. The van der Waals surface area contributed by atoms with Crippen LogP contribution in [0.5, 0.6) is 0 Å². The number of anilines is 1. The maximum Gasteiger partial charge on any atom is 1.00 e. The summed E-state index contributed by atoms with van der Waals surface area (Å²) < 4.78 is 56.9. The second-order valence-corrected chi connectivity index (χ2v) is 3.53. The van der Waals surface area contributed by atoms with Crippen molar-refractivity contribution in [2.24, 2.45) is 0 Å². The zero-order chi connectivity index (χ0) is 13.9. The van der Waals surface area contributed by atoms with E-state index in [1.807, 2.05) is 37.4 Å². The molecule has 1 aromatic carbocycles. The van der Waals surface area contributed by atoms with Gasteiger partial charge in [-0.15, -0.1) is 0 Å². The fourth-order valence-corrected chi connectivity index (χ4v) is 0.605. The van der Waals surface area contributed by atoms with E-state index in [1.54, 1.807) is 0 Å². The van der Waals surface area contributed by atoms with E-state index in [0.717, 1.165) is 5.69 Å². The van der Waals surface area contributed by atoms with Gasteiger partial charge in [0.2, 0.25) is 0 Å². The van der Waals surface area contributed by atoms with Crippen LogP contribution in [-0.4, -0.2) is 37.9 Å². The molecule has 0 radical (unpaired) electrons. The van der Waals surface area contributed by atoms with Crippen molar-refractivity contribution in [3.63, 3.8) is 0 Å². The largest absolute Gasteiger partial charge is 1.00 e. The van der Waals surface area contributed by atoms with Gasteiger partial charge in [0.25, 0.3) is 11.4 Å². The topological polar surface area (TPSA) is 150 Å². The molecule has 0 aliphatic rings. The van der Waals surface area contributed by atoms with Crippen molar-refractivity contribution in [2.75, 3.05) is 12.4 Å². The van der Waals surface area contributed by atoms with E-state index in [2.05, 4.69) is 5.32 Å². The predicted molar refractivity (Wildman–Crippen MR) is 59.9 cm³/mol. The Hall–Kier alpha value is 0.960. The smallest absolute Gasteiger partial charge is 0.759 e. The minimum Gasteiger partial charge on any atom is -0.759 e. The molecule has 0 unspecified atom stereocenters. The molecular weight excluding hydrogens is 320 g/mol. The van der Waals surface area contributed by atoms with Crippen LogP contribution in [0.3, 0.4) is 0 Å². The van der Waals surface area contributed by atoms with E-state index in [0.29, 0.717) is 0 Å². The Morgan fingerprint density at radius 2 is 1.37 bits per heavy atom. The third-order valence-corrected chi connectivity index (χ3v) is 1.06. The first-order valence-electron chi connectivity index (χ1n) is 3.86. The van der Waals surface area contributed by atoms with Crippen LogP contribution in [-0.2, 0) is 21.8 Å². The molecule has 100 valence electrons. The summed E-state index contributed by atoms with van der Waals surface area (Å²) in [6.07, 6.45) is 0. The van der Waals surface area contributed by atoms with Gasteiger partial charge in [0.05, 0.1) is 0 Å². The number of benzene rings is 1. The molecule has 1 aromatic rings. The fourth-order valence-electron chi connectivity index (χ4n) is 0.605. The minimum absolute atomic E-state index is 0. The van der Waals surface area contributed by atoms with Crippen LogP contribution in [0.1, 0.15) is 0 Å². The Morgan fingerprint density at radius 1 is 1.11 bits per heavy atom. The van der Waals surface area contributed by atoms with Gasteiger partial charge >= 0.3 is 59.1 Å². The SMILES string of the molecule is CNc1ccccc1.O=S(=O)([O-])[O-].O=S(O)O.[Na+].[Na+]. The van der Waals surface area contributed by atoms with Gasteiger partial charge in [-0.25, -0.2) is 0 Å². The summed E-state index contributed by atoms with van der Waals surface area (Å²) >= 11 is -2.61. The molecule has 3 N–H and O–H groups in total. The van der Waals surface area contributed by atoms with Crippen LogP contribution in [0.2, 0.25) is 0 Å². The Kier molecular flexibility index (Phi) is 25.2. The number of rotatable bonds is 1. The summed E-state index contributed by atoms with van der Waals surface area (Å²) in [6.45, 7) is 0. The summed E-state index contributed by atoms with van der Waals surface area (Å²) in [5, 5.41) is 3.03. The molecule has 0 atom stereocenters. The minimum atomic E-state index is -5.17. The van der Waals surface area contributed by atoms with Crippen LogP contribution in [0.4, 0.5) is 5.69 Å². The van der Waals surface area contributed by atoms with E-state index in [1.165, 1.54) is 0 Å². The van der Waals surface area contributed by atoms with Gasteiger partial charge in [0.1, 0.15) is 0 Å². The molecule has 8 nitrogen and oxygen atoms in total. The summed E-state index contributed by atoms with van der Waals surface area (Å²) in [5.41, 5.74) is 1.16. The van der Waals surface area contributed by atoms with Gasteiger partial charge in [-0.1, -0.05) is 18.2 Å². The van der Waals surface area contributed by atoms with Crippen LogP contribution in [0.15, 0.2) is 30.3 Å². The molecule has 0 amide bonds. The number of nitrogens with one attached hydrogen (secondary N) is 1. The first-order valence-corrected chi connectivity index (χ1v) is 6.26. The third kappa shape index (κ3) is 45.4. The summed E-state index contributed by atoms with van der Waals surface area (Å²) in [5.74, 6) is 0. The Morgan fingerprint density at radius 3 is 1.53 bits per heavy atom. The molecule has 19 heavy (non-hydrogen) atoms. The summed E-state index contributed by atoms with van der Waals surface area (Å²) in [6, 6.07) is 10.1.